The summed E-state index contributed by atoms with van der Waals surface area (Å²) in [4.78, 5) is 2.36. The lowest BCUT2D eigenvalue weighted by atomic mass is 9.93. The van der Waals surface area contributed by atoms with E-state index in [4.69, 9.17) is 8.83 Å². The normalized spacial score (nSPS) is 11.6. The summed E-state index contributed by atoms with van der Waals surface area (Å²) in [6, 6.07) is 80.0. The number of rotatable bonds is 7. The van der Waals surface area contributed by atoms with E-state index in [1.807, 2.05) is 12.1 Å². The number of anilines is 3. The van der Waals surface area contributed by atoms with Gasteiger partial charge in [-0.2, -0.15) is 0 Å². The highest BCUT2D eigenvalue weighted by atomic mass is 16.3. The molecule has 0 amide bonds. The monoisotopic (exact) mass is 779 g/mol. The fourth-order valence-corrected chi connectivity index (χ4v) is 9.05. The predicted octanol–water partition coefficient (Wildman–Crippen LogP) is 16.8. The molecular formula is C58H37NO2. The standard InChI is InChI=1S/C58H37NO2/c1-3-12-38(13-4-1)44-34-45(39-14-5-2-6-15-39)36-46(35-44)41-24-30-48(31-25-41)59(53-19-11-21-55-57(53)52-33-26-42-16-7-8-17-49(42)58(52)61-55)47-28-22-40(23-29-47)43-27-32-51-50-18-9-10-20-54(50)60-56(51)37-43/h1-37H. The third-order valence-corrected chi connectivity index (χ3v) is 12.0. The van der Waals surface area contributed by atoms with Crippen LogP contribution in [-0.2, 0) is 0 Å². The highest BCUT2D eigenvalue weighted by Gasteiger charge is 2.21. The van der Waals surface area contributed by atoms with Crippen LogP contribution < -0.4 is 4.90 Å². The van der Waals surface area contributed by atoms with Gasteiger partial charge < -0.3 is 13.7 Å². The zero-order valence-corrected chi connectivity index (χ0v) is 33.1. The van der Waals surface area contributed by atoms with E-state index in [1.165, 1.54) is 27.8 Å². The molecule has 2 heterocycles. The van der Waals surface area contributed by atoms with Gasteiger partial charge in [-0.05, 0) is 129 Å². The summed E-state index contributed by atoms with van der Waals surface area (Å²) in [5.41, 5.74) is 16.0. The van der Waals surface area contributed by atoms with Crippen molar-refractivity contribution in [1.29, 1.82) is 0 Å². The molecular weight excluding hydrogens is 743 g/mol. The summed E-state index contributed by atoms with van der Waals surface area (Å²) in [7, 11) is 0. The first-order valence-electron chi connectivity index (χ1n) is 20.7. The van der Waals surface area contributed by atoms with Gasteiger partial charge in [-0.1, -0.05) is 146 Å². The SMILES string of the molecule is c1ccc(-c2cc(-c3ccccc3)cc(-c3ccc(N(c4ccc(-c5ccc6c(c5)oc5ccccc56)cc4)c4cccc5oc6c7ccccc7ccc6c45)cc3)c2)cc1. The van der Waals surface area contributed by atoms with Crippen molar-refractivity contribution < 1.29 is 8.83 Å². The van der Waals surface area contributed by atoms with Crippen LogP contribution in [0.5, 0.6) is 0 Å². The average molecular weight is 780 g/mol. The third kappa shape index (κ3) is 6.06. The van der Waals surface area contributed by atoms with Crippen LogP contribution in [0.25, 0.3) is 99.2 Å². The lowest BCUT2D eigenvalue weighted by Crippen LogP contribution is -2.10. The van der Waals surface area contributed by atoms with Crippen molar-refractivity contribution in [3.63, 3.8) is 0 Å². The van der Waals surface area contributed by atoms with E-state index in [2.05, 4.69) is 217 Å². The first-order valence-corrected chi connectivity index (χ1v) is 20.7. The van der Waals surface area contributed by atoms with E-state index in [0.29, 0.717) is 0 Å². The zero-order chi connectivity index (χ0) is 40.3. The Morgan fingerprint density at radius 2 is 0.787 bits per heavy atom. The molecule has 0 bridgehead atoms. The quantitative estimate of drug-likeness (QED) is 0.161. The van der Waals surface area contributed by atoms with Crippen molar-refractivity contribution in [2.75, 3.05) is 4.90 Å². The Labute approximate surface area is 353 Å². The van der Waals surface area contributed by atoms with Gasteiger partial charge in [-0.25, -0.2) is 0 Å². The Kier molecular flexibility index (Phi) is 8.17. The average Bonchev–Trinajstić information content (AvgIpc) is 3.91. The van der Waals surface area contributed by atoms with Gasteiger partial charge in [-0.3, -0.25) is 0 Å². The molecule has 286 valence electrons. The van der Waals surface area contributed by atoms with Gasteiger partial charge in [-0.15, -0.1) is 0 Å². The largest absolute Gasteiger partial charge is 0.456 e. The van der Waals surface area contributed by atoms with Crippen molar-refractivity contribution in [3.8, 4) is 44.5 Å². The molecule has 0 atom stereocenters. The summed E-state index contributed by atoms with van der Waals surface area (Å²) < 4.78 is 13.0. The van der Waals surface area contributed by atoms with E-state index in [-0.39, 0.29) is 0 Å². The second kappa shape index (κ2) is 14.3. The summed E-state index contributed by atoms with van der Waals surface area (Å²) >= 11 is 0. The van der Waals surface area contributed by atoms with E-state index in [9.17, 15) is 0 Å². The Bertz CT molecular complexity index is 3510. The minimum absolute atomic E-state index is 0.854. The van der Waals surface area contributed by atoms with Gasteiger partial charge in [0.25, 0.3) is 0 Å². The summed E-state index contributed by atoms with van der Waals surface area (Å²) in [6.07, 6.45) is 0. The molecule has 12 aromatic rings. The second-order valence-electron chi connectivity index (χ2n) is 15.7. The number of furan rings is 2. The van der Waals surface area contributed by atoms with Crippen LogP contribution in [0.4, 0.5) is 17.1 Å². The number of hydrogen-bond donors (Lipinski definition) is 0. The van der Waals surface area contributed by atoms with Gasteiger partial charge in [0.2, 0.25) is 0 Å². The zero-order valence-electron chi connectivity index (χ0n) is 33.1. The first kappa shape index (κ1) is 34.9. The van der Waals surface area contributed by atoms with Gasteiger partial charge in [0.1, 0.15) is 22.3 Å². The predicted molar refractivity (Wildman–Crippen MR) is 255 cm³/mol. The molecule has 0 N–H and O–H groups in total. The maximum Gasteiger partial charge on any atom is 0.143 e. The molecule has 3 heteroatoms. The molecule has 0 aliphatic rings. The highest BCUT2D eigenvalue weighted by molar-refractivity contribution is 6.19. The van der Waals surface area contributed by atoms with Gasteiger partial charge >= 0.3 is 0 Å². The Morgan fingerprint density at radius 1 is 0.279 bits per heavy atom. The molecule has 0 radical (unpaired) electrons. The topological polar surface area (TPSA) is 29.5 Å². The smallest absolute Gasteiger partial charge is 0.143 e. The van der Waals surface area contributed by atoms with Crippen molar-refractivity contribution in [2.45, 2.75) is 0 Å². The molecule has 3 nitrogen and oxygen atoms in total. The van der Waals surface area contributed by atoms with E-state index in [0.717, 1.165) is 88.4 Å². The molecule has 0 unspecified atom stereocenters. The number of fused-ring (bicyclic) bond motifs is 8. The fraction of sp³-hybridized carbons (Fsp3) is 0. The van der Waals surface area contributed by atoms with Crippen LogP contribution in [0.3, 0.4) is 0 Å². The molecule has 0 aliphatic heterocycles. The van der Waals surface area contributed by atoms with Gasteiger partial charge in [0.15, 0.2) is 0 Å². The van der Waals surface area contributed by atoms with E-state index in [1.54, 1.807) is 0 Å². The number of nitrogens with zero attached hydrogens (tertiary/aromatic N) is 1. The summed E-state index contributed by atoms with van der Waals surface area (Å²) in [5.74, 6) is 0. The maximum atomic E-state index is 6.70. The third-order valence-electron chi connectivity index (χ3n) is 12.0. The van der Waals surface area contributed by atoms with Crippen molar-refractivity contribution in [1.82, 2.24) is 0 Å². The van der Waals surface area contributed by atoms with E-state index >= 15 is 0 Å². The minimum atomic E-state index is 0.854. The van der Waals surface area contributed by atoms with Crippen molar-refractivity contribution in [3.05, 3.63) is 224 Å². The van der Waals surface area contributed by atoms with Crippen LogP contribution in [0, 0.1) is 0 Å². The molecule has 0 saturated heterocycles. The Morgan fingerprint density at radius 3 is 1.46 bits per heavy atom. The van der Waals surface area contributed by atoms with Gasteiger partial charge in [0, 0.05) is 32.9 Å². The first-order chi connectivity index (χ1) is 30.2. The molecule has 0 fully saturated rings. The number of benzene rings is 10. The molecule has 12 rings (SSSR count). The minimum Gasteiger partial charge on any atom is -0.456 e. The van der Waals surface area contributed by atoms with Crippen LogP contribution in [0.1, 0.15) is 0 Å². The lowest BCUT2D eigenvalue weighted by molar-refractivity contribution is 0.669. The lowest BCUT2D eigenvalue weighted by Gasteiger charge is -2.26. The van der Waals surface area contributed by atoms with E-state index < -0.39 is 0 Å². The Balaban J connectivity index is 0.996. The van der Waals surface area contributed by atoms with Crippen LogP contribution >= 0.6 is 0 Å². The fourth-order valence-electron chi connectivity index (χ4n) is 9.05. The molecule has 2 aromatic heterocycles. The summed E-state index contributed by atoms with van der Waals surface area (Å²) in [5, 5.41) is 6.70. The Hall–Kier alpha value is -8.14. The molecule has 0 saturated carbocycles. The van der Waals surface area contributed by atoms with Crippen molar-refractivity contribution in [2.24, 2.45) is 0 Å². The summed E-state index contributed by atoms with van der Waals surface area (Å²) in [6.45, 7) is 0. The maximum absolute atomic E-state index is 6.70. The van der Waals surface area contributed by atoms with Crippen LogP contribution in [0.15, 0.2) is 233 Å². The number of para-hydroxylation sites is 1. The second-order valence-corrected chi connectivity index (χ2v) is 15.7. The molecule has 10 aromatic carbocycles. The van der Waals surface area contributed by atoms with Crippen LogP contribution in [0.2, 0.25) is 0 Å². The molecule has 61 heavy (non-hydrogen) atoms. The van der Waals surface area contributed by atoms with Crippen molar-refractivity contribution >= 4 is 71.7 Å². The molecule has 0 aliphatic carbocycles. The van der Waals surface area contributed by atoms with Crippen LogP contribution in [-0.4, -0.2) is 0 Å². The highest BCUT2D eigenvalue weighted by Crippen LogP contribution is 2.45. The van der Waals surface area contributed by atoms with Gasteiger partial charge in [0.05, 0.1) is 11.1 Å². The molecule has 0 spiro atoms. The number of hydrogen-bond acceptors (Lipinski definition) is 3.